The first-order valence-corrected chi connectivity index (χ1v) is 37.5. The van der Waals surface area contributed by atoms with Crippen LogP contribution < -0.4 is 55.6 Å². The van der Waals surface area contributed by atoms with Crippen LogP contribution in [0.25, 0.3) is 22.3 Å². The van der Waals surface area contributed by atoms with Gasteiger partial charge in [-0.1, -0.05) is 0 Å². The maximum Gasteiger partial charge on any atom is 0.695 e. The van der Waals surface area contributed by atoms with Gasteiger partial charge in [-0.25, -0.2) is 29.5 Å². The second kappa shape index (κ2) is 47.5. The van der Waals surface area contributed by atoms with Crippen LogP contribution in [-0.2, 0) is 95.6 Å². The third-order valence-corrected chi connectivity index (χ3v) is 17.8. The molecule has 0 spiro atoms. The molecule has 5 aliphatic rings. The average Bonchev–Trinajstić information content (AvgIpc) is 1.68. The number of aliphatic hydroxyl groups is 5. The van der Waals surface area contributed by atoms with Crippen molar-refractivity contribution in [1.29, 1.82) is 0 Å². The molecule has 11 heterocycles. The van der Waals surface area contributed by atoms with E-state index in [4.69, 9.17) is 70.8 Å². The largest absolute Gasteiger partial charge is 0.695 e. The number of hydrogen-bond acceptors (Lipinski definition) is 36. The van der Waals surface area contributed by atoms with E-state index < -0.39 is 88.1 Å². The smallest absolute Gasteiger partial charge is 0.395 e. The number of nitrogen functional groups attached to an aromatic ring is 3. The molecule has 0 radical (unpaired) electrons. The van der Waals surface area contributed by atoms with Crippen LogP contribution in [0, 0.1) is 6.92 Å². The SMILES string of the molecule is CC=O.Cc1cn(CC=O)c(=O)[nH]c1=O.Nc1ccn(CC=O)c(=O)n1.Nc1nc2c(ncn2CC(=O)N2CC(O[P+](=O)O)C[C@H]2CO)c(=O)[nH]1.Nc1ncnc2c1ncn2CC(=O)N1CC(O[P+](=O)O)C[C@H]1CO.O=[P+](O)O[C@H]1CN[C@H](CO)C1.O=[P+](O)O[C@H]1CN[C@H](CO)C1.O=[P+](O)O[C@H]1CN[C@H](CO)C1. The highest BCUT2D eigenvalue weighted by molar-refractivity contribution is 7.33. The fourth-order valence-electron chi connectivity index (χ4n) is 10.6. The molecule has 0 saturated carbocycles. The summed E-state index contributed by atoms with van der Waals surface area (Å²) in [5.41, 5.74) is 15.9. The van der Waals surface area contributed by atoms with Crippen LogP contribution in [-0.4, -0.2) is 275 Å². The molecule has 0 aliphatic carbocycles. The van der Waals surface area contributed by atoms with Crippen LogP contribution in [0.4, 0.5) is 17.6 Å². The number of aldehydes is 3. The Morgan fingerprint density at radius 3 is 1.36 bits per heavy atom. The number of nitrogens with zero attached hydrogens (tertiary/aromatic N) is 12. The minimum Gasteiger partial charge on any atom is -0.395 e. The highest BCUT2D eigenvalue weighted by Gasteiger charge is 2.42. The number of nitrogens with one attached hydrogen (secondary N) is 5. The van der Waals surface area contributed by atoms with Gasteiger partial charge in [-0.2, -0.15) is 9.97 Å². The molecule has 54 heteroatoms. The van der Waals surface area contributed by atoms with E-state index >= 15 is 0 Å². The van der Waals surface area contributed by atoms with Gasteiger partial charge in [0.25, 0.3) is 11.1 Å². The molecular weight excluding hydrogens is 1550 g/mol. The van der Waals surface area contributed by atoms with E-state index in [2.05, 4.69) is 69.4 Å². The van der Waals surface area contributed by atoms with E-state index in [1.54, 1.807) is 6.92 Å². The zero-order valence-corrected chi connectivity index (χ0v) is 61.9. The molecule has 15 atom stereocenters. The van der Waals surface area contributed by atoms with Crippen LogP contribution in [0.3, 0.4) is 0 Å². The number of nitrogens with two attached hydrogens (primary N) is 3. The fraction of sp³-hybridized carbons (Fsp3) is 0.574. The number of rotatable bonds is 23. The Bertz CT molecular complexity index is 4170. The first-order chi connectivity index (χ1) is 51.3. The van der Waals surface area contributed by atoms with Crippen molar-refractivity contribution < 1.29 is 119 Å². The monoisotopic (exact) mass is 1630 g/mol. The first-order valence-electron chi connectivity index (χ1n) is 31.8. The predicted molar refractivity (Wildman–Crippen MR) is 374 cm³/mol. The van der Waals surface area contributed by atoms with Crippen molar-refractivity contribution in [3.8, 4) is 0 Å². The zero-order chi connectivity index (χ0) is 80.3. The molecule has 7 unspecified atom stereocenters. The van der Waals surface area contributed by atoms with Gasteiger partial charge in [0.1, 0.15) is 80.1 Å². The number of carbonyl (C=O) groups excluding carboxylic acids is 5. The Hall–Kier alpha value is -8.41. The topological polar surface area (TPSA) is 737 Å². The van der Waals surface area contributed by atoms with Crippen molar-refractivity contribution in [3.05, 3.63) is 84.7 Å². The summed E-state index contributed by atoms with van der Waals surface area (Å²) >= 11 is 0. The number of hydrogen-bond donors (Lipinski definition) is 18. The molecule has 2 amide bonds. The summed E-state index contributed by atoms with van der Waals surface area (Å²) in [7, 11) is -13.1. The molecule has 6 aromatic rings. The minimum atomic E-state index is -2.79. The van der Waals surface area contributed by atoms with Crippen molar-refractivity contribution in [1.82, 2.24) is 83.9 Å². The Morgan fingerprint density at radius 2 is 0.963 bits per heavy atom. The fourth-order valence-corrected chi connectivity index (χ4v) is 12.6. The Balaban J connectivity index is 0.000000274. The number of anilines is 3. The van der Waals surface area contributed by atoms with Crippen LogP contribution in [0.1, 0.15) is 44.6 Å². The van der Waals surface area contributed by atoms with E-state index in [1.807, 2.05) is 0 Å². The van der Waals surface area contributed by atoms with Gasteiger partial charge in [-0.05, 0) is 39.2 Å². The summed E-state index contributed by atoms with van der Waals surface area (Å²) in [6, 6.07) is 0.501. The molecule has 108 heavy (non-hydrogen) atoms. The lowest BCUT2D eigenvalue weighted by Crippen LogP contribution is -2.40. The molecule has 5 aliphatic heterocycles. The number of likely N-dealkylation sites (tertiary alicyclic amines) is 2. The van der Waals surface area contributed by atoms with E-state index in [0.717, 1.165) is 10.9 Å². The number of aryl methyl sites for hydroxylation is 1. The molecular formula is C54H84N20O29P5+5. The number of amides is 2. The molecule has 0 aromatic carbocycles. The molecule has 594 valence electrons. The van der Waals surface area contributed by atoms with Gasteiger partial charge in [0.15, 0.2) is 22.6 Å². The van der Waals surface area contributed by atoms with E-state index in [-0.39, 0.29) is 156 Å². The highest BCUT2D eigenvalue weighted by atomic mass is 31.1. The van der Waals surface area contributed by atoms with Gasteiger partial charge in [0, 0.05) is 91.4 Å². The van der Waals surface area contributed by atoms with Crippen molar-refractivity contribution in [2.24, 2.45) is 0 Å². The maximum absolute atomic E-state index is 12.6. The standard InChI is InChI=1S/C12H15N6O6P.C12H15N6O5P.C7H8N2O3.C6H7N3O2.3C5H10NO4P.C2H4O/c13-12-15-10-9(11(21)16-12)14-5-17(10)3-8(20)18-2-7(24-25(22)23)1-6(18)4-19;13-11-10-12(15-5-14-11)17(6-16-10)3-9(20)18-2-8(23-24(21)22)1-7(18)4-19;1-5-4-9(2-3-10)7(12)8-6(5)11;7-5-1-2-9(3-4-10)6(11)8-5;3*7-3-4-1-5(2-6-4)10-11(8)9;1-2-3/h5-7,19H,1-4H2,(H3-,13,15,16,21,22,23);5-8,19H,1-4H2,(H2-,13,14,15,21,22);3-4H,2H2,1H3,(H,8,11,12);1-2,4H,3H2,(H2,7,8,11);3*4-7H,1-3H2;2H,1H3/p+5/t6-,7?;7-,8?;;;3*4-,5+;/m00..000./s1. The molecule has 21 N–H and O–H groups in total. The maximum atomic E-state index is 12.6. The molecule has 5 saturated heterocycles. The third-order valence-electron chi connectivity index (χ3n) is 15.4. The van der Waals surface area contributed by atoms with Gasteiger partial charge in [-0.15, -0.1) is 47.1 Å². The number of imidazole rings is 2. The van der Waals surface area contributed by atoms with Gasteiger partial charge < -0.3 is 92.0 Å². The van der Waals surface area contributed by atoms with Crippen molar-refractivity contribution in [2.45, 2.75) is 133 Å². The quantitative estimate of drug-likeness (QED) is 0.0210. The van der Waals surface area contributed by atoms with Gasteiger partial charge in [-0.3, -0.25) is 38.3 Å². The third kappa shape index (κ3) is 30.9. The average molecular weight is 1630 g/mol. The van der Waals surface area contributed by atoms with E-state index in [9.17, 15) is 71.4 Å². The lowest BCUT2D eigenvalue weighted by Gasteiger charge is -2.22. The Morgan fingerprint density at radius 1 is 0.546 bits per heavy atom. The highest BCUT2D eigenvalue weighted by Crippen LogP contribution is 2.31. The molecule has 6 aromatic heterocycles. The number of aliphatic hydroxyl groups excluding tert-OH is 5. The summed E-state index contributed by atoms with van der Waals surface area (Å²) in [4.78, 5) is 172. The lowest BCUT2D eigenvalue weighted by molar-refractivity contribution is -0.134. The number of aromatic amines is 2. The first kappa shape index (κ1) is 92.0. The number of H-pyrrole nitrogens is 2. The second-order valence-corrected chi connectivity index (χ2v) is 26.4. The second-order valence-electron chi connectivity index (χ2n) is 23.0. The molecule has 0 bridgehead atoms. The number of carbonyl (C=O) groups is 5. The van der Waals surface area contributed by atoms with Gasteiger partial charge in [0.05, 0.1) is 84.0 Å². The molecule has 49 nitrogen and oxygen atoms in total. The van der Waals surface area contributed by atoms with Crippen LogP contribution >= 0.6 is 41.3 Å². The van der Waals surface area contributed by atoms with Gasteiger partial charge >= 0.3 is 52.7 Å². The molecule has 5 fully saturated rings. The lowest BCUT2D eigenvalue weighted by atomic mass is 10.2. The van der Waals surface area contributed by atoms with Gasteiger partial charge in [0.2, 0.25) is 17.8 Å². The Labute approximate surface area is 613 Å². The summed E-state index contributed by atoms with van der Waals surface area (Å²) in [6.07, 6.45) is 9.19. The van der Waals surface area contributed by atoms with Crippen molar-refractivity contribution >= 4 is 112 Å². The van der Waals surface area contributed by atoms with E-state index in [0.29, 0.717) is 74.6 Å². The van der Waals surface area contributed by atoms with Crippen molar-refractivity contribution in [3.63, 3.8) is 0 Å². The molecule has 11 rings (SSSR count). The van der Waals surface area contributed by atoms with E-state index in [1.165, 1.54) is 67.9 Å². The normalized spacial score (nSPS) is 21.7. The number of aromatic nitrogens is 12. The van der Waals surface area contributed by atoms with Crippen LogP contribution in [0.15, 0.2) is 56.6 Å². The van der Waals surface area contributed by atoms with Crippen molar-refractivity contribution in [2.75, 3.05) is 83.0 Å². The summed E-state index contributed by atoms with van der Waals surface area (Å²) in [5.74, 6) is -0.373. The minimum absolute atomic E-state index is 0.00921. The van der Waals surface area contributed by atoms with Crippen LogP contribution in [0.5, 0.6) is 0 Å². The number of fused-ring (bicyclic) bond motifs is 2. The summed E-state index contributed by atoms with van der Waals surface area (Å²) in [6.45, 7) is 4.16. The Kier molecular flexibility index (Phi) is 40.5. The summed E-state index contributed by atoms with van der Waals surface area (Å²) in [5, 5.41) is 53.7. The zero-order valence-electron chi connectivity index (χ0n) is 57.5. The predicted octanol–water partition coefficient (Wildman–Crippen LogP) is -6.23. The van der Waals surface area contributed by atoms with Crippen LogP contribution in [0.2, 0.25) is 0 Å². The summed E-state index contributed by atoms with van der Waals surface area (Å²) < 4.78 is 80.9.